The van der Waals surface area contributed by atoms with Gasteiger partial charge in [-0.15, -0.1) is 0 Å². The van der Waals surface area contributed by atoms with E-state index in [1.54, 1.807) is 24.3 Å². The van der Waals surface area contributed by atoms with Crippen molar-refractivity contribution in [2.24, 2.45) is 5.73 Å². The molecule has 0 saturated heterocycles. The van der Waals surface area contributed by atoms with E-state index >= 15 is 0 Å². The van der Waals surface area contributed by atoms with Crippen LogP contribution in [-0.4, -0.2) is 27.1 Å². The molecule has 0 bridgehead atoms. The number of carboxylic acid groups (broad SMARTS) is 1. The first kappa shape index (κ1) is 13.2. The lowest BCUT2D eigenvalue weighted by Crippen LogP contribution is -2.34. The van der Waals surface area contributed by atoms with Crippen LogP contribution in [0.4, 0.5) is 0 Å². The van der Waals surface area contributed by atoms with Crippen molar-refractivity contribution in [1.29, 1.82) is 0 Å². The zero-order valence-electron chi connectivity index (χ0n) is 8.43. The van der Waals surface area contributed by atoms with Gasteiger partial charge in [-0.3, -0.25) is 9.00 Å². The number of rotatable bonds is 5. The third kappa shape index (κ3) is 3.30. The predicted octanol–water partition coefficient (Wildman–Crippen LogP) is 1.00. The summed E-state index contributed by atoms with van der Waals surface area (Å²) in [6, 6.07) is 6.91. The predicted molar refractivity (Wildman–Crippen MR) is 63.8 cm³/mol. The van der Waals surface area contributed by atoms with Crippen LogP contribution in [0.3, 0.4) is 0 Å². The zero-order valence-corrected chi connectivity index (χ0v) is 10.0. The number of benzene rings is 1. The van der Waals surface area contributed by atoms with Gasteiger partial charge < -0.3 is 10.8 Å². The fourth-order valence-electron chi connectivity index (χ4n) is 1.19. The van der Waals surface area contributed by atoms with Crippen LogP contribution in [0.5, 0.6) is 0 Å². The summed E-state index contributed by atoms with van der Waals surface area (Å²) in [5.74, 6) is -1.04. The van der Waals surface area contributed by atoms with Gasteiger partial charge in [-0.2, -0.15) is 0 Å². The largest absolute Gasteiger partial charge is 0.480 e. The highest BCUT2D eigenvalue weighted by Gasteiger charge is 2.23. The first-order chi connectivity index (χ1) is 7.56. The molecule has 0 fully saturated rings. The summed E-state index contributed by atoms with van der Waals surface area (Å²) in [5, 5.41) is 8.22. The third-order valence-corrected chi connectivity index (χ3v) is 4.06. The topological polar surface area (TPSA) is 80.4 Å². The Labute approximate surface area is 101 Å². The molecule has 0 spiro atoms. The Bertz CT molecular complexity index is 411. The van der Waals surface area contributed by atoms with Crippen molar-refractivity contribution in [2.75, 3.05) is 6.54 Å². The number of hydrogen-bond acceptors (Lipinski definition) is 3. The van der Waals surface area contributed by atoms with Crippen molar-refractivity contribution in [3.63, 3.8) is 0 Å². The summed E-state index contributed by atoms with van der Waals surface area (Å²) >= 11 is 5.88. The Hall–Kier alpha value is -0.910. The van der Waals surface area contributed by atoms with E-state index in [0.717, 1.165) is 0 Å². The number of carbonyl (C=O) groups is 1. The summed E-state index contributed by atoms with van der Waals surface area (Å²) in [5.41, 5.74) is 5.93. The van der Waals surface area contributed by atoms with Crippen molar-refractivity contribution in [1.82, 2.24) is 0 Å². The fraction of sp³-hybridized carbons (Fsp3) is 0.300. The zero-order chi connectivity index (χ0) is 12.1. The molecule has 0 aromatic heterocycles. The van der Waals surface area contributed by atoms with E-state index in [1.165, 1.54) is 0 Å². The highest BCUT2D eigenvalue weighted by atomic mass is 35.5. The van der Waals surface area contributed by atoms with Crippen LogP contribution in [0.15, 0.2) is 24.3 Å². The van der Waals surface area contributed by atoms with E-state index in [9.17, 15) is 9.00 Å². The Kier molecular flexibility index (Phi) is 4.92. The minimum Gasteiger partial charge on any atom is -0.480 e. The maximum atomic E-state index is 11.7. The summed E-state index contributed by atoms with van der Waals surface area (Å²) in [6.45, 7) is -0.146. The molecule has 88 valence electrons. The van der Waals surface area contributed by atoms with Gasteiger partial charge in [0.2, 0.25) is 0 Å². The van der Waals surface area contributed by atoms with Crippen LogP contribution in [-0.2, 0) is 21.3 Å². The molecule has 0 aliphatic heterocycles. The molecular formula is C10H12ClNO3S. The lowest BCUT2D eigenvalue weighted by molar-refractivity contribution is -0.136. The van der Waals surface area contributed by atoms with Gasteiger partial charge in [0, 0.05) is 22.4 Å². The van der Waals surface area contributed by atoms with Gasteiger partial charge in [0.15, 0.2) is 0 Å². The molecule has 2 unspecified atom stereocenters. The van der Waals surface area contributed by atoms with Crippen LogP contribution in [0.25, 0.3) is 0 Å². The second-order valence-corrected chi connectivity index (χ2v) is 5.21. The van der Waals surface area contributed by atoms with Gasteiger partial charge in [-0.25, -0.2) is 0 Å². The highest BCUT2D eigenvalue weighted by molar-refractivity contribution is 7.85. The van der Waals surface area contributed by atoms with E-state index in [4.69, 9.17) is 22.4 Å². The van der Waals surface area contributed by atoms with Gasteiger partial charge in [0.05, 0.1) is 5.75 Å². The quantitative estimate of drug-likeness (QED) is 0.829. The maximum Gasteiger partial charge on any atom is 0.320 e. The summed E-state index contributed by atoms with van der Waals surface area (Å²) < 4.78 is 11.7. The monoisotopic (exact) mass is 261 g/mol. The van der Waals surface area contributed by atoms with Crippen molar-refractivity contribution < 1.29 is 14.1 Å². The molecule has 1 aromatic carbocycles. The van der Waals surface area contributed by atoms with E-state index in [-0.39, 0.29) is 12.3 Å². The number of aliphatic carboxylic acids is 1. The molecule has 2 atom stereocenters. The Morgan fingerprint density at radius 3 is 2.62 bits per heavy atom. The average molecular weight is 262 g/mol. The average Bonchev–Trinajstić information content (AvgIpc) is 2.22. The standard InChI is InChI=1S/C10H12ClNO3S/c11-8-4-2-1-3-7(8)6-16(15)9(5-12)10(13)14/h1-4,9H,5-6,12H2,(H,13,14). The summed E-state index contributed by atoms with van der Waals surface area (Å²) in [6.07, 6.45) is 0. The lowest BCUT2D eigenvalue weighted by atomic mass is 10.2. The number of carboxylic acids is 1. The highest BCUT2D eigenvalue weighted by Crippen LogP contribution is 2.17. The summed E-state index contributed by atoms with van der Waals surface area (Å²) in [4.78, 5) is 10.7. The molecule has 0 aliphatic rings. The van der Waals surface area contributed by atoms with Crippen LogP contribution in [0, 0.1) is 0 Å². The van der Waals surface area contributed by atoms with E-state index in [2.05, 4.69) is 0 Å². The minimum absolute atomic E-state index is 0.105. The number of hydrogen-bond donors (Lipinski definition) is 2. The Morgan fingerprint density at radius 1 is 1.50 bits per heavy atom. The Morgan fingerprint density at radius 2 is 2.12 bits per heavy atom. The summed E-state index contributed by atoms with van der Waals surface area (Å²) in [7, 11) is -1.56. The molecule has 1 rings (SSSR count). The van der Waals surface area contributed by atoms with Crippen LogP contribution >= 0.6 is 11.6 Å². The minimum atomic E-state index is -1.56. The van der Waals surface area contributed by atoms with Crippen LogP contribution < -0.4 is 5.73 Å². The van der Waals surface area contributed by atoms with Gasteiger partial charge in [-0.05, 0) is 11.6 Å². The normalized spacial score (nSPS) is 14.4. The van der Waals surface area contributed by atoms with E-state index < -0.39 is 22.0 Å². The number of halogens is 1. The molecule has 4 nitrogen and oxygen atoms in total. The van der Waals surface area contributed by atoms with Crippen molar-refractivity contribution >= 4 is 28.4 Å². The van der Waals surface area contributed by atoms with E-state index in [1.807, 2.05) is 0 Å². The maximum absolute atomic E-state index is 11.7. The molecule has 16 heavy (non-hydrogen) atoms. The SMILES string of the molecule is NCC(C(=O)O)S(=O)Cc1ccccc1Cl. The molecular weight excluding hydrogens is 250 g/mol. The van der Waals surface area contributed by atoms with Crippen LogP contribution in [0.1, 0.15) is 5.56 Å². The first-order valence-corrected chi connectivity index (χ1v) is 6.35. The van der Waals surface area contributed by atoms with E-state index in [0.29, 0.717) is 10.6 Å². The molecule has 3 N–H and O–H groups in total. The molecule has 0 saturated carbocycles. The van der Waals surface area contributed by atoms with Gasteiger partial charge in [-0.1, -0.05) is 29.8 Å². The lowest BCUT2D eigenvalue weighted by Gasteiger charge is -2.10. The number of nitrogens with two attached hydrogens (primary N) is 1. The molecule has 0 aliphatic carbocycles. The Balaban J connectivity index is 2.78. The third-order valence-electron chi connectivity index (χ3n) is 2.06. The molecule has 6 heteroatoms. The molecule has 0 radical (unpaired) electrons. The van der Waals surface area contributed by atoms with Gasteiger partial charge in [0.25, 0.3) is 0 Å². The molecule has 0 heterocycles. The smallest absolute Gasteiger partial charge is 0.320 e. The second-order valence-electron chi connectivity index (χ2n) is 3.18. The fourth-order valence-corrected chi connectivity index (χ4v) is 2.67. The van der Waals surface area contributed by atoms with Crippen molar-refractivity contribution in [3.05, 3.63) is 34.9 Å². The van der Waals surface area contributed by atoms with Crippen LogP contribution in [0.2, 0.25) is 5.02 Å². The molecule has 0 amide bonds. The first-order valence-electron chi connectivity index (χ1n) is 4.59. The van der Waals surface area contributed by atoms with Crippen molar-refractivity contribution in [3.8, 4) is 0 Å². The van der Waals surface area contributed by atoms with Gasteiger partial charge in [0.1, 0.15) is 5.25 Å². The van der Waals surface area contributed by atoms with Crippen molar-refractivity contribution in [2.45, 2.75) is 11.0 Å². The second kappa shape index (κ2) is 5.98. The molecule has 1 aromatic rings. The van der Waals surface area contributed by atoms with Gasteiger partial charge >= 0.3 is 5.97 Å².